The first kappa shape index (κ1) is 15.9. The molecule has 2 heteroatoms. The van der Waals surface area contributed by atoms with Crippen molar-refractivity contribution in [3.63, 3.8) is 0 Å². The Morgan fingerprint density at radius 3 is 2.65 bits per heavy atom. The Labute approximate surface area is 140 Å². The van der Waals surface area contributed by atoms with Gasteiger partial charge in [-0.25, -0.2) is 0 Å². The van der Waals surface area contributed by atoms with Crippen molar-refractivity contribution < 1.29 is 9.90 Å². The van der Waals surface area contributed by atoms with Gasteiger partial charge in [-0.1, -0.05) is 32.8 Å². The molecule has 4 aliphatic carbocycles. The number of aliphatic hydroxyl groups excluding tert-OH is 1. The Morgan fingerprint density at radius 2 is 1.91 bits per heavy atom. The lowest BCUT2D eigenvalue weighted by Gasteiger charge is -2.57. The zero-order valence-corrected chi connectivity index (χ0v) is 15.0. The lowest BCUT2D eigenvalue weighted by Crippen LogP contribution is -2.53. The topological polar surface area (TPSA) is 37.3 Å². The van der Waals surface area contributed by atoms with Gasteiger partial charge in [0.25, 0.3) is 0 Å². The van der Waals surface area contributed by atoms with E-state index >= 15 is 0 Å². The number of rotatable bonds is 1. The maximum absolute atomic E-state index is 13.1. The highest BCUT2D eigenvalue weighted by Crippen LogP contribution is 2.65. The Morgan fingerprint density at radius 1 is 1.13 bits per heavy atom. The molecule has 128 valence electrons. The summed E-state index contributed by atoms with van der Waals surface area (Å²) >= 11 is 0. The lowest BCUT2D eigenvalue weighted by atomic mass is 9.47. The van der Waals surface area contributed by atoms with E-state index in [1.54, 1.807) is 0 Å². The highest BCUT2D eigenvalue weighted by atomic mass is 16.3. The summed E-state index contributed by atoms with van der Waals surface area (Å²) in [5.41, 5.74) is 1.82. The van der Waals surface area contributed by atoms with Crippen molar-refractivity contribution in [2.75, 3.05) is 0 Å². The first-order valence-electron chi connectivity index (χ1n) is 9.83. The molecule has 0 saturated heterocycles. The van der Waals surface area contributed by atoms with Crippen molar-refractivity contribution in [3.8, 4) is 0 Å². The molecule has 0 aromatic heterocycles. The van der Waals surface area contributed by atoms with Crippen molar-refractivity contribution in [1.82, 2.24) is 0 Å². The van der Waals surface area contributed by atoms with Gasteiger partial charge in [0.05, 0.1) is 6.10 Å². The van der Waals surface area contributed by atoms with Crippen LogP contribution >= 0.6 is 0 Å². The third-order valence-corrected chi connectivity index (χ3v) is 8.61. The second-order valence-corrected chi connectivity index (χ2v) is 9.35. The van der Waals surface area contributed by atoms with E-state index in [1.807, 2.05) is 6.08 Å². The summed E-state index contributed by atoms with van der Waals surface area (Å²) in [7, 11) is 0. The van der Waals surface area contributed by atoms with Gasteiger partial charge in [-0.05, 0) is 79.6 Å². The molecule has 3 fully saturated rings. The maximum Gasteiger partial charge on any atom is 0.159 e. The fourth-order valence-electron chi connectivity index (χ4n) is 7.16. The minimum atomic E-state index is -0.233. The van der Waals surface area contributed by atoms with Gasteiger partial charge in [-0.2, -0.15) is 0 Å². The highest BCUT2D eigenvalue weighted by molar-refractivity contribution is 5.94. The van der Waals surface area contributed by atoms with Gasteiger partial charge < -0.3 is 5.11 Å². The summed E-state index contributed by atoms with van der Waals surface area (Å²) in [6, 6.07) is 0. The van der Waals surface area contributed by atoms with Crippen LogP contribution in [0.2, 0.25) is 0 Å². The van der Waals surface area contributed by atoms with Crippen LogP contribution in [0.4, 0.5) is 0 Å². The molecule has 0 aliphatic heterocycles. The van der Waals surface area contributed by atoms with Crippen LogP contribution in [0, 0.1) is 34.5 Å². The Kier molecular flexibility index (Phi) is 3.58. The minimum Gasteiger partial charge on any atom is -0.393 e. The van der Waals surface area contributed by atoms with E-state index < -0.39 is 0 Å². The molecule has 23 heavy (non-hydrogen) atoms. The fourth-order valence-corrected chi connectivity index (χ4v) is 7.16. The van der Waals surface area contributed by atoms with Crippen LogP contribution < -0.4 is 0 Å². The Bertz CT molecular complexity index is 550. The summed E-state index contributed by atoms with van der Waals surface area (Å²) in [4.78, 5) is 13.1. The molecular weight excluding hydrogens is 284 g/mol. The minimum absolute atomic E-state index is 0.170. The molecule has 3 saturated carbocycles. The molecule has 2 nitrogen and oxygen atoms in total. The van der Waals surface area contributed by atoms with E-state index in [1.165, 1.54) is 37.7 Å². The van der Waals surface area contributed by atoms with Gasteiger partial charge in [-0.3, -0.25) is 4.79 Å². The first-order valence-corrected chi connectivity index (χ1v) is 9.83. The van der Waals surface area contributed by atoms with Crippen molar-refractivity contribution >= 4 is 5.78 Å². The molecule has 0 heterocycles. The lowest BCUT2D eigenvalue weighted by molar-refractivity contribution is -0.134. The van der Waals surface area contributed by atoms with Crippen molar-refractivity contribution in [1.29, 1.82) is 0 Å². The molecule has 0 bridgehead atoms. The molecule has 4 rings (SSSR count). The number of carbonyl (C=O) groups is 1. The standard InChI is InChI=1S/C21H32O2/c1-4-13-5-6-16-19-17(8-10-20(13,16)2)21(3)9-7-15(22)11-14(21)12-18(19)23/h12-13,15-17,19,22H,4-11H2,1-3H3/t13-,15-,16-,17-,19-,20+,21-/m0/s1. The summed E-state index contributed by atoms with van der Waals surface area (Å²) in [5.74, 6) is 2.59. The number of hydrogen-bond donors (Lipinski definition) is 1. The molecule has 0 aromatic carbocycles. The number of aliphatic hydroxyl groups is 1. The normalized spacial score (nSPS) is 52.4. The average molecular weight is 316 g/mol. The van der Waals surface area contributed by atoms with Crippen molar-refractivity contribution in [2.45, 2.75) is 78.2 Å². The van der Waals surface area contributed by atoms with Crippen molar-refractivity contribution in [3.05, 3.63) is 11.6 Å². The summed E-state index contributed by atoms with van der Waals surface area (Å²) in [6.07, 6.45) is 10.8. The van der Waals surface area contributed by atoms with Crippen LogP contribution in [-0.4, -0.2) is 17.0 Å². The van der Waals surface area contributed by atoms with Crippen molar-refractivity contribution in [2.24, 2.45) is 34.5 Å². The number of fused-ring (bicyclic) bond motifs is 5. The van der Waals surface area contributed by atoms with Crippen LogP contribution in [0.5, 0.6) is 0 Å². The molecule has 0 aromatic rings. The van der Waals surface area contributed by atoms with E-state index in [0.717, 1.165) is 25.2 Å². The fraction of sp³-hybridized carbons (Fsp3) is 0.857. The predicted molar refractivity (Wildman–Crippen MR) is 91.9 cm³/mol. The summed E-state index contributed by atoms with van der Waals surface area (Å²) in [5, 5.41) is 10.1. The molecule has 0 amide bonds. The molecule has 4 aliphatic rings. The third-order valence-electron chi connectivity index (χ3n) is 8.61. The quantitative estimate of drug-likeness (QED) is 0.772. The second kappa shape index (κ2) is 5.18. The average Bonchev–Trinajstić information content (AvgIpc) is 2.85. The van der Waals surface area contributed by atoms with Crippen LogP contribution in [0.15, 0.2) is 11.6 Å². The zero-order chi connectivity index (χ0) is 16.4. The van der Waals surface area contributed by atoms with E-state index in [-0.39, 0.29) is 17.4 Å². The van der Waals surface area contributed by atoms with Crippen LogP contribution in [0.25, 0.3) is 0 Å². The van der Waals surface area contributed by atoms with E-state index in [4.69, 9.17) is 0 Å². The molecule has 7 atom stereocenters. The summed E-state index contributed by atoms with van der Waals surface area (Å²) < 4.78 is 0. The van der Waals surface area contributed by atoms with Gasteiger partial charge in [0.15, 0.2) is 5.78 Å². The molecule has 0 radical (unpaired) electrons. The van der Waals surface area contributed by atoms with Gasteiger partial charge in [0, 0.05) is 5.92 Å². The van der Waals surface area contributed by atoms with E-state index in [0.29, 0.717) is 23.0 Å². The Balaban J connectivity index is 1.72. The van der Waals surface area contributed by atoms with Gasteiger partial charge in [0.1, 0.15) is 0 Å². The van der Waals surface area contributed by atoms with Crippen LogP contribution in [0.1, 0.15) is 72.1 Å². The smallest absolute Gasteiger partial charge is 0.159 e. The van der Waals surface area contributed by atoms with Crippen LogP contribution in [-0.2, 0) is 4.79 Å². The molecular formula is C21H32O2. The second-order valence-electron chi connectivity index (χ2n) is 9.35. The largest absolute Gasteiger partial charge is 0.393 e. The van der Waals surface area contributed by atoms with E-state index in [2.05, 4.69) is 20.8 Å². The number of carbonyl (C=O) groups excluding carboxylic acids is 1. The van der Waals surface area contributed by atoms with Gasteiger partial charge >= 0.3 is 0 Å². The molecule has 0 spiro atoms. The number of ketones is 1. The van der Waals surface area contributed by atoms with E-state index in [9.17, 15) is 9.90 Å². The first-order chi connectivity index (χ1) is 10.9. The third kappa shape index (κ3) is 2.06. The predicted octanol–water partition coefficient (Wildman–Crippen LogP) is 4.52. The van der Waals surface area contributed by atoms with Gasteiger partial charge in [-0.15, -0.1) is 0 Å². The highest BCUT2D eigenvalue weighted by Gasteiger charge is 2.60. The monoisotopic (exact) mass is 316 g/mol. The van der Waals surface area contributed by atoms with Crippen LogP contribution in [0.3, 0.4) is 0 Å². The molecule has 0 unspecified atom stereocenters. The molecule has 1 N–H and O–H groups in total. The zero-order valence-electron chi connectivity index (χ0n) is 15.0. The Hall–Kier alpha value is -0.630. The SMILES string of the molecule is CC[C@H]1CC[C@H]2[C@@H]3C(=O)C=C4C[C@@H](O)CC[C@]4(C)[C@H]3CC[C@]12C. The summed E-state index contributed by atoms with van der Waals surface area (Å²) in [6.45, 7) is 7.20. The van der Waals surface area contributed by atoms with Gasteiger partial charge in [0.2, 0.25) is 0 Å². The number of hydrogen-bond acceptors (Lipinski definition) is 2. The maximum atomic E-state index is 13.1. The number of allylic oxidation sites excluding steroid dienone is 1.